The Morgan fingerprint density at radius 1 is 1.26 bits per heavy atom. The maximum Gasteiger partial charge on any atom is 0.254 e. The molecule has 23 heavy (non-hydrogen) atoms. The van der Waals surface area contributed by atoms with Gasteiger partial charge in [0.2, 0.25) is 0 Å². The summed E-state index contributed by atoms with van der Waals surface area (Å²) < 4.78 is 1.75. The normalized spacial score (nSPS) is 11.4. The van der Waals surface area contributed by atoms with E-state index in [2.05, 4.69) is 10.4 Å². The fourth-order valence-electron chi connectivity index (χ4n) is 2.49. The van der Waals surface area contributed by atoms with Crippen molar-refractivity contribution in [3.8, 4) is 0 Å². The molecule has 1 aromatic carbocycles. The highest BCUT2D eigenvalue weighted by Gasteiger charge is 2.26. The topological polar surface area (TPSA) is 67.2 Å². The second-order valence-electron chi connectivity index (χ2n) is 5.96. The fourth-order valence-corrected chi connectivity index (χ4v) is 2.49. The number of aromatic nitrogens is 2. The minimum Gasteiger partial charge on any atom is -0.396 e. The number of aliphatic hydroxyl groups is 1. The number of carbonyl (C=O) groups excluding carboxylic acids is 1. The first kappa shape index (κ1) is 17.2. The van der Waals surface area contributed by atoms with Crippen LogP contribution in [0.15, 0.2) is 42.7 Å². The molecule has 0 saturated carbocycles. The Labute approximate surface area is 137 Å². The molecule has 2 rings (SSSR count). The van der Waals surface area contributed by atoms with Gasteiger partial charge in [0.05, 0.1) is 24.9 Å². The van der Waals surface area contributed by atoms with E-state index < -0.39 is 0 Å². The Morgan fingerprint density at radius 3 is 2.57 bits per heavy atom. The monoisotopic (exact) mass is 315 g/mol. The lowest BCUT2D eigenvalue weighted by Gasteiger charge is -2.29. The first-order valence-electron chi connectivity index (χ1n) is 8.08. The molecular formula is C18H25N3O2. The quantitative estimate of drug-likeness (QED) is 0.786. The van der Waals surface area contributed by atoms with Crippen molar-refractivity contribution in [3.63, 3.8) is 0 Å². The third-order valence-electron chi connectivity index (χ3n) is 4.54. The Kier molecular flexibility index (Phi) is 5.93. The van der Waals surface area contributed by atoms with Crippen LogP contribution in [-0.2, 0) is 6.54 Å². The molecule has 1 amide bonds. The summed E-state index contributed by atoms with van der Waals surface area (Å²) in [6, 6.07) is 9.99. The number of hydrogen-bond acceptors (Lipinski definition) is 3. The molecule has 5 heteroatoms. The molecule has 0 bridgehead atoms. The van der Waals surface area contributed by atoms with E-state index in [1.807, 2.05) is 44.2 Å². The SMILES string of the molecule is CCC(CC)(CO)CNC(=O)c1cnn(Cc2ccccc2)c1. The number of hydrogen-bond donors (Lipinski definition) is 2. The summed E-state index contributed by atoms with van der Waals surface area (Å²) in [5.74, 6) is -0.149. The van der Waals surface area contributed by atoms with Gasteiger partial charge in [-0.25, -0.2) is 0 Å². The van der Waals surface area contributed by atoms with E-state index >= 15 is 0 Å². The smallest absolute Gasteiger partial charge is 0.254 e. The average Bonchev–Trinajstić information content (AvgIpc) is 3.06. The van der Waals surface area contributed by atoms with E-state index in [9.17, 15) is 9.90 Å². The average molecular weight is 315 g/mol. The van der Waals surface area contributed by atoms with Crippen molar-refractivity contribution in [1.82, 2.24) is 15.1 Å². The molecule has 0 unspecified atom stereocenters. The molecule has 1 heterocycles. The summed E-state index contributed by atoms with van der Waals surface area (Å²) in [6.45, 7) is 5.25. The standard InChI is InChI=1S/C18H25N3O2/c1-3-18(4-2,14-22)13-19-17(23)16-10-20-21(12-16)11-15-8-6-5-7-9-15/h5-10,12,22H,3-4,11,13-14H2,1-2H3,(H,19,23). The van der Waals surface area contributed by atoms with E-state index in [4.69, 9.17) is 0 Å². The van der Waals surface area contributed by atoms with Gasteiger partial charge in [0.1, 0.15) is 0 Å². The number of aliphatic hydroxyl groups excluding tert-OH is 1. The summed E-state index contributed by atoms with van der Waals surface area (Å²) in [4.78, 5) is 12.3. The molecule has 1 aromatic heterocycles. The van der Waals surface area contributed by atoms with Gasteiger partial charge in [-0.15, -0.1) is 0 Å². The number of benzene rings is 1. The summed E-state index contributed by atoms with van der Waals surface area (Å²) in [5.41, 5.74) is 1.44. The summed E-state index contributed by atoms with van der Waals surface area (Å²) in [7, 11) is 0. The second kappa shape index (κ2) is 7.92. The zero-order valence-electron chi connectivity index (χ0n) is 13.8. The van der Waals surface area contributed by atoms with Crippen molar-refractivity contribution in [2.24, 2.45) is 5.41 Å². The number of nitrogens with one attached hydrogen (secondary N) is 1. The molecule has 2 aromatic rings. The highest BCUT2D eigenvalue weighted by molar-refractivity contribution is 5.93. The summed E-state index contributed by atoms with van der Waals surface area (Å²) in [6.07, 6.45) is 4.98. The van der Waals surface area contributed by atoms with Crippen molar-refractivity contribution in [3.05, 3.63) is 53.9 Å². The predicted octanol–water partition coefficient (Wildman–Crippen LogP) is 2.46. The first-order chi connectivity index (χ1) is 11.1. The number of nitrogens with zero attached hydrogens (tertiary/aromatic N) is 2. The second-order valence-corrected chi connectivity index (χ2v) is 5.96. The van der Waals surface area contributed by atoms with Crippen LogP contribution in [-0.4, -0.2) is 33.9 Å². The Bertz CT molecular complexity index is 610. The van der Waals surface area contributed by atoms with Gasteiger partial charge < -0.3 is 10.4 Å². The summed E-state index contributed by atoms with van der Waals surface area (Å²) in [5, 5.41) is 16.7. The van der Waals surface area contributed by atoms with Crippen molar-refractivity contribution in [1.29, 1.82) is 0 Å². The van der Waals surface area contributed by atoms with E-state index in [0.29, 0.717) is 18.7 Å². The van der Waals surface area contributed by atoms with E-state index in [1.165, 1.54) is 0 Å². The lowest BCUT2D eigenvalue weighted by Crippen LogP contribution is -2.39. The zero-order valence-corrected chi connectivity index (χ0v) is 13.8. The highest BCUT2D eigenvalue weighted by atomic mass is 16.3. The molecule has 0 aliphatic carbocycles. The van der Waals surface area contributed by atoms with Crippen LogP contribution in [0, 0.1) is 5.41 Å². The molecule has 0 saturated heterocycles. The highest BCUT2D eigenvalue weighted by Crippen LogP contribution is 2.24. The Morgan fingerprint density at radius 2 is 1.96 bits per heavy atom. The first-order valence-corrected chi connectivity index (χ1v) is 8.08. The number of amides is 1. The fraction of sp³-hybridized carbons (Fsp3) is 0.444. The maximum atomic E-state index is 12.3. The predicted molar refractivity (Wildman–Crippen MR) is 90.2 cm³/mol. The van der Waals surface area contributed by atoms with Crippen molar-refractivity contribution in [2.45, 2.75) is 33.2 Å². The molecule has 5 nitrogen and oxygen atoms in total. The van der Waals surface area contributed by atoms with Gasteiger partial charge in [-0.3, -0.25) is 9.48 Å². The largest absolute Gasteiger partial charge is 0.396 e. The molecule has 0 aliphatic heterocycles. The lowest BCUT2D eigenvalue weighted by atomic mass is 9.83. The number of carbonyl (C=O) groups is 1. The minimum absolute atomic E-state index is 0.0769. The van der Waals surface area contributed by atoms with E-state index in [0.717, 1.165) is 18.4 Å². The van der Waals surface area contributed by atoms with Gasteiger partial charge in [-0.2, -0.15) is 5.10 Å². The molecule has 0 radical (unpaired) electrons. The van der Waals surface area contributed by atoms with Crippen LogP contribution in [0.25, 0.3) is 0 Å². The van der Waals surface area contributed by atoms with Crippen LogP contribution in [0.1, 0.15) is 42.6 Å². The van der Waals surface area contributed by atoms with Crippen LogP contribution in [0.2, 0.25) is 0 Å². The van der Waals surface area contributed by atoms with Crippen LogP contribution in [0.5, 0.6) is 0 Å². The van der Waals surface area contributed by atoms with Gasteiger partial charge in [0.25, 0.3) is 5.91 Å². The van der Waals surface area contributed by atoms with E-state index in [-0.39, 0.29) is 17.9 Å². The maximum absolute atomic E-state index is 12.3. The molecule has 124 valence electrons. The van der Waals surface area contributed by atoms with Crippen molar-refractivity contribution < 1.29 is 9.90 Å². The molecule has 2 N–H and O–H groups in total. The third kappa shape index (κ3) is 4.42. The number of rotatable bonds is 8. The Hall–Kier alpha value is -2.14. The molecular weight excluding hydrogens is 290 g/mol. The van der Waals surface area contributed by atoms with Gasteiger partial charge in [-0.05, 0) is 18.4 Å². The van der Waals surface area contributed by atoms with Crippen molar-refractivity contribution in [2.75, 3.05) is 13.2 Å². The minimum atomic E-state index is -0.240. The molecule has 0 spiro atoms. The Balaban J connectivity index is 1.96. The van der Waals surface area contributed by atoms with Gasteiger partial charge in [-0.1, -0.05) is 44.2 Å². The van der Waals surface area contributed by atoms with Crippen LogP contribution in [0.4, 0.5) is 0 Å². The molecule has 0 aliphatic rings. The zero-order chi connectivity index (χ0) is 16.7. The van der Waals surface area contributed by atoms with Gasteiger partial charge >= 0.3 is 0 Å². The van der Waals surface area contributed by atoms with Crippen LogP contribution in [0.3, 0.4) is 0 Å². The van der Waals surface area contributed by atoms with Crippen LogP contribution < -0.4 is 5.32 Å². The van der Waals surface area contributed by atoms with E-state index in [1.54, 1.807) is 17.1 Å². The van der Waals surface area contributed by atoms with Gasteiger partial charge in [0, 0.05) is 18.2 Å². The van der Waals surface area contributed by atoms with Crippen molar-refractivity contribution >= 4 is 5.91 Å². The van der Waals surface area contributed by atoms with Crippen LogP contribution >= 0.6 is 0 Å². The summed E-state index contributed by atoms with van der Waals surface area (Å²) >= 11 is 0. The third-order valence-corrected chi connectivity index (χ3v) is 4.54. The lowest BCUT2D eigenvalue weighted by molar-refractivity contribution is 0.0851. The molecule has 0 atom stereocenters. The molecule has 0 fully saturated rings. The van der Waals surface area contributed by atoms with Gasteiger partial charge in [0.15, 0.2) is 0 Å².